The maximum atomic E-state index is 7.05. The SMILES string of the molecule is CCCCNC(=S)NCCCCCSC(=N)N. The molecule has 0 aromatic rings. The van der Waals surface area contributed by atoms with Crippen LogP contribution in [0.25, 0.3) is 0 Å². The van der Waals surface area contributed by atoms with E-state index >= 15 is 0 Å². The molecule has 0 saturated carbocycles. The first-order valence-corrected chi connectivity index (χ1v) is 7.54. The Morgan fingerprint density at radius 3 is 2.41 bits per heavy atom. The third-order valence-corrected chi connectivity index (χ3v) is 3.27. The van der Waals surface area contributed by atoms with Crippen LogP contribution in [0.2, 0.25) is 0 Å². The van der Waals surface area contributed by atoms with E-state index in [4.69, 9.17) is 23.4 Å². The van der Waals surface area contributed by atoms with Gasteiger partial charge in [-0.3, -0.25) is 5.41 Å². The van der Waals surface area contributed by atoms with Gasteiger partial charge < -0.3 is 16.4 Å². The highest BCUT2D eigenvalue weighted by atomic mass is 32.2. The second-order valence-electron chi connectivity index (χ2n) is 3.81. The van der Waals surface area contributed by atoms with Crippen LogP contribution in [-0.2, 0) is 0 Å². The average molecular weight is 276 g/mol. The van der Waals surface area contributed by atoms with Crippen molar-refractivity contribution in [2.24, 2.45) is 5.73 Å². The molecule has 0 rings (SSSR count). The quantitative estimate of drug-likeness (QED) is 0.224. The van der Waals surface area contributed by atoms with E-state index in [1.807, 2.05) is 0 Å². The van der Waals surface area contributed by atoms with Crippen LogP contribution in [0.1, 0.15) is 39.0 Å². The van der Waals surface area contributed by atoms with E-state index in [0.717, 1.165) is 49.6 Å². The molecule has 5 N–H and O–H groups in total. The number of thiocarbonyl (C=S) groups is 1. The Kier molecular flexibility index (Phi) is 11.6. The first-order valence-electron chi connectivity index (χ1n) is 6.15. The van der Waals surface area contributed by atoms with Gasteiger partial charge in [0.1, 0.15) is 0 Å². The summed E-state index contributed by atoms with van der Waals surface area (Å²) < 4.78 is 0. The molecule has 0 aliphatic heterocycles. The zero-order valence-electron chi connectivity index (χ0n) is 10.6. The zero-order valence-corrected chi connectivity index (χ0v) is 12.2. The topological polar surface area (TPSA) is 73.9 Å². The number of unbranched alkanes of at least 4 members (excludes halogenated alkanes) is 3. The van der Waals surface area contributed by atoms with E-state index in [1.54, 1.807) is 0 Å². The van der Waals surface area contributed by atoms with E-state index in [9.17, 15) is 0 Å². The molecule has 0 unspecified atom stereocenters. The molecule has 6 heteroatoms. The Hall–Kier alpha value is -0.490. The van der Waals surface area contributed by atoms with Crippen molar-refractivity contribution in [3.05, 3.63) is 0 Å². The summed E-state index contributed by atoms with van der Waals surface area (Å²) >= 11 is 6.54. The highest BCUT2D eigenvalue weighted by Crippen LogP contribution is 2.04. The number of nitrogens with two attached hydrogens (primary N) is 1. The Balaban J connectivity index is 3.16. The van der Waals surface area contributed by atoms with Gasteiger partial charge in [-0.05, 0) is 31.5 Å². The average Bonchev–Trinajstić information content (AvgIpc) is 2.28. The molecule has 0 spiro atoms. The van der Waals surface area contributed by atoms with Crippen LogP contribution in [0.5, 0.6) is 0 Å². The first-order chi connectivity index (χ1) is 8.16. The molecular weight excluding hydrogens is 252 g/mol. The molecule has 0 bridgehead atoms. The monoisotopic (exact) mass is 276 g/mol. The van der Waals surface area contributed by atoms with Crippen molar-refractivity contribution in [1.29, 1.82) is 5.41 Å². The van der Waals surface area contributed by atoms with Gasteiger partial charge in [-0.25, -0.2) is 0 Å². The molecule has 0 radical (unpaired) electrons. The molecule has 0 saturated heterocycles. The Morgan fingerprint density at radius 1 is 1.18 bits per heavy atom. The lowest BCUT2D eigenvalue weighted by atomic mass is 10.2. The number of rotatable bonds is 9. The van der Waals surface area contributed by atoms with Gasteiger partial charge in [0.15, 0.2) is 10.3 Å². The number of thioether (sulfide) groups is 1. The fourth-order valence-corrected chi connectivity index (χ4v) is 2.00. The van der Waals surface area contributed by atoms with Crippen molar-refractivity contribution >= 4 is 34.3 Å². The predicted molar refractivity (Wildman–Crippen MR) is 81.7 cm³/mol. The molecule has 100 valence electrons. The minimum Gasteiger partial charge on any atom is -0.379 e. The summed E-state index contributed by atoms with van der Waals surface area (Å²) in [4.78, 5) is 0. The Morgan fingerprint density at radius 2 is 1.82 bits per heavy atom. The van der Waals surface area contributed by atoms with Gasteiger partial charge in [0, 0.05) is 18.8 Å². The first kappa shape index (κ1) is 16.5. The second-order valence-corrected chi connectivity index (χ2v) is 5.35. The molecule has 0 heterocycles. The molecule has 4 nitrogen and oxygen atoms in total. The number of nitrogens with one attached hydrogen (secondary N) is 3. The maximum absolute atomic E-state index is 7.05. The summed E-state index contributed by atoms with van der Waals surface area (Å²) in [7, 11) is 0. The van der Waals surface area contributed by atoms with Gasteiger partial charge >= 0.3 is 0 Å². The third-order valence-electron chi connectivity index (χ3n) is 2.18. The van der Waals surface area contributed by atoms with Crippen LogP contribution in [0, 0.1) is 5.41 Å². The van der Waals surface area contributed by atoms with E-state index in [1.165, 1.54) is 18.2 Å². The maximum Gasteiger partial charge on any atom is 0.166 e. The molecule has 0 atom stereocenters. The molecule has 17 heavy (non-hydrogen) atoms. The lowest BCUT2D eigenvalue weighted by Gasteiger charge is -2.09. The molecule has 0 aliphatic carbocycles. The number of amidine groups is 1. The third kappa shape index (κ3) is 13.4. The summed E-state index contributed by atoms with van der Waals surface area (Å²) in [6.45, 7) is 4.04. The van der Waals surface area contributed by atoms with Gasteiger partial charge in [-0.15, -0.1) is 0 Å². The van der Waals surface area contributed by atoms with Crippen molar-refractivity contribution < 1.29 is 0 Å². The lowest BCUT2D eigenvalue weighted by molar-refractivity contribution is 0.685. The molecule has 0 aliphatic rings. The van der Waals surface area contributed by atoms with Crippen molar-refractivity contribution in [3.8, 4) is 0 Å². The van der Waals surface area contributed by atoms with E-state index in [0.29, 0.717) is 0 Å². The molecule has 0 fully saturated rings. The van der Waals surface area contributed by atoms with E-state index < -0.39 is 0 Å². The summed E-state index contributed by atoms with van der Waals surface area (Å²) in [5.41, 5.74) is 5.24. The minimum atomic E-state index is 0.212. The van der Waals surface area contributed by atoms with Crippen LogP contribution < -0.4 is 16.4 Å². The van der Waals surface area contributed by atoms with Crippen LogP contribution in [-0.4, -0.2) is 29.1 Å². The van der Waals surface area contributed by atoms with Gasteiger partial charge in [-0.1, -0.05) is 31.5 Å². The normalized spacial score (nSPS) is 9.94. The van der Waals surface area contributed by atoms with E-state index in [2.05, 4.69) is 17.6 Å². The van der Waals surface area contributed by atoms with Gasteiger partial charge in [0.2, 0.25) is 0 Å². The largest absolute Gasteiger partial charge is 0.379 e. The molecule has 0 aromatic carbocycles. The lowest BCUT2D eigenvalue weighted by Crippen LogP contribution is -2.36. The number of hydrogen-bond donors (Lipinski definition) is 4. The van der Waals surface area contributed by atoms with Crippen LogP contribution in [0.3, 0.4) is 0 Å². The predicted octanol–water partition coefficient (Wildman–Crippen LogP) is 2.05. The molecule has 0 amide bonds. The van der Waals surface area contributed by atoms with E-state index in [-0.39, 0.29) is 5.17 Å². The van der Waals surface area contributed by atoms with Gasteiger partial charge in [0.25, 0.3) is 0 Å². The van der Waals surface area contributed by atoms with Crippen molar-refractivity contribution in [1.82, 2.24) is 10.6 Å². The Labute approximate surface area is 114 Å². The fourth-order valence-electron chi connectivity index (χ4n) is 1.23. The number of hydrogen-bond acceptors (Lipinski definition) is 3. The van der Waals surface area contributed by atoms with Crippen LogP contribution in [0.15, 0.2) is 0 Å². The standard InChI is InChI=1S/C11H24N4S2/c1-2-3-7-14-11(16)15-8-5-4-6-9-17-10(12)13/h2-9H2,1H3,(H3,12,13)(H2,14,15,16). The summed E-state index contributed by atoms with van der Waals surface area (Å²) in [6, 6.07) is 0. The summed E-state index contributed by atoms with van der Waals surface area (Å²) in [5, 5.41) is 14.4. The summed E-state index contributed by atoms with van der Waals surface area (Å²) in [5.74, 6) is 0.939. The smallest absolute Gasteiger partial charge is 0.166 e. The van der Waals surface area contributed by atoms with Gasteiger partial charge in [0.05, 0.1) is 0 Å². The van der Waals surface area contributed by atoms with Gasteiger partial charge in [-0.2, -0.15) is 0 Å². The van der Waals surface area contributed by atoms with Crippen molar-refractivity contribution in [2.75, 3.05) is 18.8 Å². The highest BCUT2D eigenvalue weighted by molar-refractivity contribution is 8.13. The fraction of sp³-hybridized carbons (Fsp3) is 0.818. The van der Waals surface area contributed by atoms with Crippen molar-refractivity contribution in [2.45, 2.75) is 39.0 Å². The second kappa shape index (κ2) is 12.0. The Bertz CT molecular complexity index is 222. The zero-order chi connectivity index (χ0) is 12.9. The van der Waals surface area contributed by atoms with Crippen molar-refractivity contribution in [3.63, 3.8) is 0 Å². The minimum absolute atomic E-state index is 0.212. The molecular formula is C11H24N4S2. The molecule has 0 aromatic heterocycles. The highest BCUT2D eigenvalue weighted by Gasteiger charge is 1.95. The summed E-state index contributed by atoms with van der Waals surface area (Å²) in [6.07, 6.45) is 5.69. The van der Waals surface area contributed by atoms with Crippen LogP contribution >= 0.6 is 24.0 Å². The van der Waals surface area contributed by atoms with Crippen LogP contribution in [0.4, 0.5) is 0 Å².